The first-order valence-electron chi connectivity index (χ1n) is 5.68. The Kier molecular flexibility index (Phi) is 11.3. The van der Waals surface area contributed by atoms with Crippen LogP contribution in [0.4, 0.5) is 0 Å². The van der Waals surface area contributed by atoms with E-state index in [1.165, 1.54) is 13.2 Å². The fraction of sp³-hybridized carbons (Fsp3) is 0.357. The van der Waals surface area contributed by atoms with Crippen molar-refractivity contribution in [2.45, 2.75) is 27.7 Å². The van der Waals surface area contributed by atoms with E-state index in [2.05, 4.69) is 5.92 Å². The van der Waals surface area contributed by atoms with E-state index in [0.717, 1.165) is 0 Å². The summed E-state index contributed by atoms with van der Waals surface area (Å²) in [7, 11) is 7.13. The SMILES string of the molecule is CC.CC.[B]C1=C(OC)/C(=C/C#C)C(=N)C=C1. The molecule has 0 atom stereocenters. The number of ether oxygens (including phenoxy) is 1. The lowest BCUT2D eigenvalue weighted by atomic mass is 9.86. The van der Waals surface area contributed by atoms with Gasteiger partial charge >= 0.3 is 0 Å². The van der Waals surface area contributed by atoms with Gasteiger partial charge in [-0.25, -0.2) is 0 Å². The average molecular weight is 229 g/mol. The normalized spacial score (nSPS) is 15.3. The zero-order valence-corrected chi connectivity index (χ0v) is 11.3. The molecule has 0 aromatic rings. The Balaban J connectivity index is 0. The number of allylic oxidation sites excluding steroid dienone is 5. The van der Waals surface area contributed by atoms with E-state index in [9.17, 15) is 0 Å². The molecule has 2 nitrogen and oxygen atoms in total. The standard InChI is InChI=1S/C10H8BNO.2C2H6/c1-3-4-7-9(12)6-5-8(11)10(7)13-2;2*1-2/h1,4-6,12H,2H3;2*1-2H3/b7-4+,12-9?;;. The van der Waals surface area contributed by atoms with Crippen molar-refractivity contribution < 1.29 is 4.74 Å². The molecule has 1 aliphatic carbocycles. The van der Waals surface area contributed by atoms with Crippen molar-refractivity contribution in [3.63, 3.8) is 0 Å². The van der Waals surface area contributed by atoms with E-state index in [4.69, 9.17) is 24.4 Å². The maximum absolute atomic E-state index is 7.55. The first-order valence-corrected chi connectivity index (χ1v) is 5.68. The molecule has 0 bridgehead atoms. The molecule has 0 spiro atoms. The molecule has 2 radical (unpaired) electrons. The lowest BCUT2D eigenvalue weighted by Crippen LogP contribution is -2.09. The maximum atomic E-state index is 7.55. The van der Waals surface area contributed by atoms with E-state index in [1.54, 1.807) is 12.2 Å². The molecule has 0 heterocycles. The molecule has 3 heteroatoms. The van der Waals surface area contributed by atoms with Crippen molar-refractivity contribution in [1.29, 1.82) is 5.41 Å². The van der Waals surface area contributed by atoms with Gasteiger partial charge in [-0.15, -0.1) is 6.42 Å². The highest BCUT2D eigenvalue weighted by Gasteiger charge is 2.14. The summed E-state index contributed by atoms with van der Waals surface area (Å²) in [6, 6.07) is 0. The zero-order chi connectivity index (χ0) is 13.8. The van der Waals surface area contributed by atoms with Gasteiger partial charge in [0.05, 0.1) is 12.8 Å². The van der Waals surface area contributed by atoms with Gasteiger partial charge in [0.25, 0.3) is 0 Å². The molecule has 0 saturated carbocycles. The number of hydrogen-bond donors (Lipinski definition) is 1. The predicted octanol–water partition coefficient (Wildman–Crippen LogP) is 3.21. The van der Waals surface area contributed by atoms with E-state index in [0.29, 0.717) is 22.5 Å². The topological polar surface area (TPSA) is 33.1 Å². The lowest BCUT2D eigenvalue weighted by Gasteiger charge is -2.15. The van der Waals surface area contributed by atoms with Gasteiger partial charge in [-0.05, 0) is 6.08 Å². The molecule has 0 fully saturated rings. The van der Waals surface area contributed by atoms with Gasteiger partial charge in [0, 0.05) is 11.6 Å². The van der Waals surface area contributed by atoms with Crippen molar-refractivity contribution in [2.24, 2.45) is 0 Å². The Morgan fingerprint density at radius 1 is 1.29 bits per heavy atom. The van der Waals surface area contributed by atoms with Crippen LogP contribution >= 0.6 is 0 Å². The average Bonchev–Trinajstić information content (AvgIpc) is 2.39. The Bertz CT molecular complexity index is 370. The fourth-order valence-corrected chi connectivity index (χ4v) is 1.07. The van der Waals surface area contributed by atoms with Gasteiger partial charge in [0.1, 0.15) is 13.6 Å². The van der Waals surface area contributed by atoms with Crippen LogP contribution in [0.25, 0.3) is 0 Å². The van der Waals surface area contributed by atoms with Crippen LogP contribution in [0.3, 0.4) is 0 Å². The Morgan fingerprint density at radius 3 is 2.24 bits per heavy atom. The van der Waals surface area contributed by atoms with Gasteiger partial charge in [0.15, 0.2) is 0 Å². The Labute approximate surface area is 106 Å². The summed E-state index contributed by atoms with van der Waals surface area (Å²) < 4.78 is 5.04. The van der Waals surface area contributed by atoms with Crippen LogP contribution < -0.4 is 0 Å². The molecule has 1 rings (SSSR count). The Morgan fingerprint density at radius 2 is 1.82 bits per heavy atom. The summed E-state index contributed by atoms with van der Waals surface area (Å²) in [5.74, 6) is 2.81. The monoisotopic (exact) mass is 229 g/mol. The summed E-state index contributed by atoms with van der Waals surface area (Å²) in [5.41, 5.74) is 1.34. The highest BCUT2D eigenvalue weighted by Crippen LogP contribution is 2.20. The van der Waals surface area contributed by atoms with Crippen LogP contribution in [0.1, 0.15) is 27.7 Å². The van der Waals surface area contributed by atoms with Crippen LogP contribution in [0, 0.1) is 17.8 Å². The van der Waals surface area contributed by atoms with Crippen molar-refractivity contribution in [1.82, 2.24) is 0 Å². The first-order chi connectivity index (χ1) is 8.20. The number of hydrogen-bond acceptors (Lipinski definition) is 2. The summed E-state index contributed by atoms with van der Waals surface area (Å²) in [5, 5.41) is 7.55. The highest BCUT2D eigenvalue weighted by atomic mass is 16.5. The van der Waals surface area contributed by atoms with Crippen LogP contribution in [0.15, 0.2) is 35.0 Å². The van der Waals surface area contributed by atoms with Crippen LogP contribution in [0.2, 0.25) is 0 Å². The van der Waals surface area contributed by atoms with Crippen molar-refractivity contribution in [3.8, 4) is 12.3 Å². The molecular weight excluding hydrogens is 209 g/mol. The molecule has 90 valence electrons. The minimum atomic E-state index is 0.309. The second-order valence-electron chi connectivity index (χ2n) is 2.46. The third-order valence-corrected chi connectivity index (χ3v) is 1.66. The van der Waals surface area contributed by atoms with Crippen LogP contribution in [-0.4, -0.2) is 20.7 Å². The lowest BCUT2D eigenvalue weighted by molar-refractivity contribution is 0.302. The number of terminal acetylenes is 1. The predicted molar refractivity (Wildman–Crippen MR) is 76.3 cm³/mol. The van der Waals surface area contributed by atoms with E-state index < -0.39 is 0 Å². The van der Waals surface area contributed by atoms with E-state index in [-0.39, 0.29) is 0 Å². The molecule has 1 aliphatic rings. The minimum absolute atomic E-state index is 0.309. The molecular formula is C14H20BNO. The molecule has 0 aliphatic heterocycles. The van der Waals surface area contributed by atoms with Crippen molar-refractivity contribution in [3.05, 3.63) is 35.0 Å². The molecule has 0 aromatic carbocycles. The van der Waals surface area contributed by atoms with Gasteiger partial charge in [0.2, 0.25) is 0 Å². The summed E-state index contributed by atoms with van der Waals surface area (Å²) in [6.45, 7) is 8.00. The fourth-order valence-electron chi connectivity index (χ4n) is 1.07. The van der Waals surface area contributed by atoms with Crippen LogP contribution in [-0.2, 0) is 4.74 Å². The second-order valence-corrected chi connectivity index (χ2v) is 2.46. The zero-order valence-electron chi connectivity index (χ0n) is 11.3. The summed E-state index contributed by atoms with van der Waals surface area (Å²) >= 11 is 0. The Hall–Kier alpha value is -1.69. The third kappa shape index (κ3) is 5.26. The van der Waals surface area contributed by atoms with Gasteiger partial charge in [-0.3, -0.25) is 0 Å². The van der Waals surface area contributed by atoms with Gasteiger partial charge in [-0.1, -0.05) is 45.2 Å². The molecule has 17 heavy (non-hydrogen) atoms. The molecule has 0 aromatic heterocycles. The minimum Gasteiger partial charge on any atom is -0.497 e. The quantitative estimate of drug-likeness (QED) is 0.543. The molecule has 0 amide bonds. The van der Waals surface area contributed by atoms with Crippen LogP contribution in [0.5, 0.6) is 0 Å². The highest BCUT2D eigenvalue weighted by molar-refractivity contribution is 6.27. The van der Waals surface area contributed by atoms with Gasteiger partial charge in [-0.2, -0.15) is 0 Å². The van der Waals surface area contributed by atoms with E-state index in [1.807, 2.05) is 27.7 Å². The third-order valence-electron chi connectivity index (χ3n) is 1.66. The first kappa shape index (κ1) is 17.7. The van der Waals surface area contributed by atoms with Crippen molar-refractivity contribution in [2.75, 3.05) is 7.11 Å². The molecule has 0 saturated heterocycles. The largest absolute Gasteiger partial charge is 0.497 e. The molecule has 1 N–H and O–H groups in total. The summed E-state index contributed by atoms with van der Waals surface area (Å²) in [6.07, 6.45) is 9.79. The van der Waals surface area contributed by atoms with Gasteiger partial charge < -0.3 is 10.1 Å². The summed E-state index contributed by atoms with van der Waals surface area (Å²) in [4.78, 5) is 0. The van der Waals surface area contributed by atoms with Crippen molar-refractivity contribution >= 4 is 13.6 Å². The number of nitrogens with one attached hydrogen (secondary N) is 1. The number of methoxy groups -OCH3 is 1. The number of rotatable bonds is 1. The maximum Gasteiger partial charge on any atom is 0.121 e. The smallest absolute Gasteiger partial charge is 0.121 e. The second kappa shape index (κ2) is 10.8. The molecule has 0 unspecified atom stereocenters. The van der Waals surface area contributed by atoms with E-state index >= 15 is 0 Å².